The van der Waals surface area contributed by atoms with Crippen LogP contribution in [0.15, 0.2) is 41.7 Å². The molecule has 0 spiro atoms. The lowest BCUT2D eigenvalue weighted by Crippen LogP contribution is -2.06. The average Bonchev–Trinajstić information content (AvgIpc) is 3.22. The Morgan fingerprint density at radius 2 is 2.04 bits per heavy atom. The summed E-state index contributed by atoms with van der Waals surface area (Å²) in [5.41, 5.74) is 3.52. The van der Waals surface area contributed by atoms with Crippen molar-refractivity contribution >= 4 is 17.7 Å². The van der Waals surface area contributed by atoms with Crippen molar-refractivity contribution in [3.05, 3.63) is 42.3 Å². The Labute approximate surface area is 149 Å². The lowest BCUT2D eigenvalue weighted by atomic mass is 10.1. The van der Waals surface area contributed by atoms with Crippen LogP contribution in [-0.4, -0.2) is 31.8 Å². The number of halogens is 1. The molecule has 7 heteroatoms. The van der Waals surface area contributed by atoms with Gasteiger partial charge in [-0.15, -0.1) is 0 Å². The van der Waals surface area contributed by atoms with E-state index in [1.54, 1.807) is 30.1 Å². The van der Waals surface area contributed by atoms with Gasteiger partial charge in [0.2, 0.25) is 5.95 Å². The molecule has 4 rings (SSSR count). The van der Waals surface area contributed by atoms with Crippen molar-refractivity contribution in [1.29, 1.82) is 0 Å². The lowest BCUT2D eigenvalue weighted by Gasteiger charge is -2.09. The number of rotatable bonds is 5. The first-order chi connectivity index (χ1) is 12.3. The number of hydrogen-bond donors (Lipinski definition) is 1. The molecule has 0 radical (unpaired) electrons. The van der Waals surface area contributed by atoms with E-state index in [1.807, 2.05) is 6.07 Å². The van der Waals surface area contributed by atoms with Crippen molar-refractivity contribution in [3.63, 3.8) is 0 Å². The minimum Gasteiger partial charge on any atom is -0.354 e. The van der Waals surface area contributed by atoms with E-state index in [0.717, 1.165) is 53.1 Å². The third-order valence-corrected chi connectivity index (χ3v) is 4.98. The highest BCUT2D eigenvalue weighted by Crippen LogP contribution is 2.38. The topological polar surface area (TPSA) is 55.6 Å². The fourth-order valence-corrected chi connectivity index (χ4v) is 3.81. The molecule has 2 aromatic heterocycles. The smallest absolute Gasteiger partial charge is 0.223 e. The first kappa shape index (κ1) is 16.1. The fraction of sp³-hybridized carbons (Fsp3) is 0.278. The second-order valence-corrected chi connectivity index (χ2v) is 6.85. The van der Waals surface area contributed by atoms with Crippen molar-refractivity contribution in [3.8, 4) is 22.6 Å². The molecule has 3 aromatic rings. The number of thioether (sulfide) groups is 1. The maximum absolute atomic E-state index is 13.3. The van der Waals surface area contributed by atoms with E-state index >= 15 is 0 Å². The maximum atomic E-state index is 13.3. The van der Waals surface area contributed by atoms with Crippen LogP contribution >= 0.6 is 11.8 Å². The first-order valence-electron chi connectivity index (χ1n) is 8.33. The molecule has 0 fully saturated rings. The zero-order valence-electron chi connectivity index (χ0n) is 13.9. The molecule has 5 nitrogen and oxygen atoms in total. The predicted molar refractivity (Wildman–Crippen MR) is 98.2 cm³/mol. The van der Waals surface area contributed by atoms with Gasteiger partial charge in [-0.1, -0.05) is 18.7 Å². The molecule has 3 heterocycles. The Morgan fingerprint density at radius 1 is 1.20 bits per heavy atom. The van der Waals surface area contributed by atoms with Gasteiger partial charge in [-0.05, 0) is 36.8 Å². The number of nitrogens with one attached hydrogen (secondary N) is 1. The normalized spacial score (nSPS) is 13.0. The molecule has 0 amide bonds. The van der Waals surface area contributed by atoms with Gasteiger partial charge in [0, 0.05) is 30.6 Å². The van der Waals surface area contributed by atoms with Gasteiger partial charge in [0.25, 0.3) is 0 Å². The summed E-state index contributed by atoms with van der Waals surface area (Å²) in [5, 5.41) is 4.21. The summed E-state index contributed by atoms with van der Waals surface area (Å²) in [6, 6.07) is 8.35. The second kappa shape index (κ2) is 6.84. The molecule has 25 heavy (non-hydrogen) atoms. The lowest BCUT2D eigenvalue weighted by molar-refractivity contribution is 0.628. The molecule has 1 aliphatic rings. The quantitative estimate of drug-likeness (QED) is 0.747. The van der Waals surface area contributed by atoms with Crippen LogP contribution in [-0.2, 0) is 6.54 Å². The Bertz CT molecular complexity index is 891. The van der Waals surface area contributed by atoms with Crippen molar-refractivity contribution in [2.75, 3.05) is 17.6 Å². The molecular weight excluding hydrogens is 337 g/mol. The number of anilines is 1. The van der Waals surface area contributed by atoms with E-state index in [4.69, 9.17) is 4.98 Å². The van der Waals surface area contributed by atoms with E-state index in [-0.39, 0.29) is 5.82 Å². The molecule has 0 bridgehead atoms. The largest absolute Gasteiger partial charge is 0.354 e. The van der Waals surface area contributed by atoms with E-state index < -0.39 is 0 Å². The minimum absolute atomic E-state index is 0.250. The zero-order chi connectivity index (χ0) is 17.2. The number of benzene rings is 1. The molecule has 0 unspecified atom stereocenters. The zero-order valence-corrected chi connectivity index (χ0v) is 14.7. The molecule has 1 aromatic carbocycles. The summed E-state index contributed by atoms with van der Waals surface area (Å²) in [4.78, 5) is 13.7. The number of aromatic nitrogens is 4. The Balaban J connectivity index is 1.82. The van der Waals surface area contributed by atoms with Crippen molar-refractivity contribution in [2.45, 2.75) is 25.0 Å². The van der Waals surface area contributed by atoms with Gasteiger partial charge in [0.05, 0.1) is 17.1 Å². The minimum atomic E-state index is -0.250. The molecule has 128 valence electrons. The molecule has 0 atom stereocenters. The van der Waals surface area contributed by atoms with Gasteiger partial charge in [0.15, 0.2) is 5.16 Å². The van der Waals surface area contributed by atoms with Crippen molar-refractivity contribution < 1.29 is 4.39 Å². The summed E-state index contributed by atoms with van der Waals surface area (Å²) in [5.74, 6) is 1.37. The molecule has 1 N–H and O–H groups in total. The van der Waals surface area contributed by atoms with Gasteiger partial charge in [0.1, 0.15) is 5.82 Å². The first-order valence-corrected chi connectivity index (χ1v) is 9.31. The second-order valence-electron chi connectivity index (χ2n) is 5.79. The standard InChI is InChI=1S/C18H18FN5S/c1-2-8-20-17-21-9-7-14(22-17)16-15(12-3-5-13(19)6-4-12)23-18-24(16)10-11-25-18/h3-7,9H,2,8,10-11H2,1H3,(H,20,21,22). The Morgan fingerprint density at radius 3 is 2.84 bits per heavy atom. The van der Waals surface area contributed by atoms with Crippen molar-refractivity contribution in [1.82, 2.24) is 19.5 Å². The fourth-order valence-electron chi connectivity index (χ4n) is 2.86. The van der Waals surface area contributed by atoms with Crippen LogP contribution in [0.1, 0.15) is 13.3 Å². The van der Waals surface area contributed by atoms with E-state index in [2.05, 4.69) is 26.8 Å². The van der Waals surface area contributed by atoms with Gasteiger partial charge in [-0.25, -0.2) is 19.3 Å². The summed E-state index contributed by atoms with van der Waals surface area (Å²) < 4.78 is 15.5. The van der Waals surface area contributed by atoms with Crippen LogP contribution in [0.5, 0.6) is 0 Å². The predicted octanol–water partition coefficient (Wildman–Crippen LogP) is 4.07. The average molecular weight is 355 g/mol. The maximum Gasteiger partial charge on any atom is 0.223 e. The highest BCUT2D eigenvalue weighted by Gasteiger charge is 2.24. The highest BCUT2D eigenvalue weighted by molar-refractivity contribution is 7.99. The van der Waals surface area contributed by atoms with Crippen molar-refractivity contribution in [2.24, 2.45) is 0 Å². The third kappa shape index (κ3) is 3.11. The monoisotopic (exact) mass is 355 g/mol. The molecular formula is C18H18FN5S. The van der Waals surface area contributed by atoms with Crippen LogP contribution in [0.4, 0.5) is 10.3 Å². The molecule has 0 aliphatic carbocycles. The summed E-state index contributed by atoms with van der Waals surface area (Å²) in [6.45, 7) is 3.82. The number of nitrogens with zero attached hydrogens (tertiary/aromatic N) is 4. The number of fused-ring (bicyclic) bond motifs is 1. The van der Waals surface area contributed by atoms with Crippen LogP contribution in [0, 0.1) is 5.82 Å². The van der Waals surface area contributed by atoms with Crippen LogP contribution < -0.4 is 5.32 Å². The van der Waals surface area contributed by atoms with E-state index in [1.165, 1.54) is 12.1 Å². The molecule has 0 saturated carbocycles. The highest BCUT2D eigenvalue weighted by atomic mass is 32.2. The van der Waals surface area contributed by atoms with Crippen LogP contribution in [0.2, 0.25) is 0 Å². The van der Waals surface area contributed by atoms with E-state index in [0.29, 0.717) is 5.95 Å². The van der Waals surface area contributed by atoms with Crippen LogP contribution in [0.25, 0.3) is 22.6 Å². The van der Waals surface area contributed by atoms with Gasteiger partial charge in [-0.2, -0.15) is 0 Å². The number of hydrogen-bond acceptors (Lipinski definition) is 5. The van der Waals surface area contributed by atoms with Gasteiger partial charge in [-0.3, -0.25) is 0 Å². The molecule has 1 aliphatic heterocycles. The Kier molecular flexibility index (Phi) is 4.40. The molecule has 0 saturated heterocycles. The van der Waals surface area contributed by atoms with Crippen LogP contribution in [0.3, 0.4) is 0 Å². The van der Waals surface area contributed by atoms with Gasteiger partial charge >= 0.3 is 0 Å². The summed E-state index contributed by atoms with van der Waals surface area (Å²) in [7, 11) is 0. The Hall–Kier alpha value is -2.41. The van der Waals surface area contributed by atoms with Gasteiger partial charge < -0.3 is 9.88 Å². The van der Waals surface area contributed by atoms with E-state index in [9.17, 15) is 4.39 Å². The summed E-state index contributed by atoms with van der Waals surface area (Å²) >= 11 is 1.73. The third-order valence-electron chi connectivity index (χ3n) is 4.03. The number of imidazole rings is 1. The SMILES string of the molecule is CCCNc1nccc(-c2c(-c3ccc(F)cc3)nc3n2CCS3)n1. The summed E-state index contributed by atoms with van der Waals surface area (Å²) in [6.07, 6.45) is 2.77.